The number of fused-ring (bicyclic) bond motifs is 6. The van der Waals surface area contributed by atoms with Crippen LogP contribution in [0.1, 0.15) is 25.7 Å². The highest BCUT2D eigenvalue weighted by Gasteiger charge is 2.25. The van der Waals surface area contributed by atoms with E-state index in [0.717, 1.165) is 24.2 Å². The standard InChI is InChI=1S/C20H23Cl2N3/c21-16-5-6-19(20(22)12-16)15-11-18(14-23-13-15)25-10-9-24-7-1-3-17(25)4-2-8-24/h5-6,11-14,17H,1-4,7-10H2. The minimum Gasteiger partial charge on any atom is -0.366 e. The molecule has 2 aromatic rings. The van der Waals surface area contributed by atoms with Crippen molar-refractivity contribution in [1.29, 1.82) is 0 Å². The molecule has 132 valence electrons. The lowest BCUT2D eigenvalue weighted by atomic mass is 9.98. The van der Waals surface area contributed by atoms with Gasteiger partial charge in [-0.05, 0) is 57.0 Å². The fourth-order valence-corrected chi connectivity index (χ4v) is 4.64. The molecule has 0 spiro atoms. The Labute approximate surface area is 159 Å². The van der Waals surface area contributed by atoms with Crippen molar-refractivity contribution in [2.24, 2.45) is 0 Å². The van der Waals surface area contributed by atoms with Gasteiger partial charge in [0.25, 0.3) is 0 Å². The van der Waals surface area contributed by atoms with Crippen LogP contribution in [0, 0.1) is 0 Å². The molecule has 0 amide bonds. The van der Waals surface area contributed by atoms with Gasteiger partial charge in [-0.1, -0.05) is 29.3 Å². The smallest absolute Gasteiger partial charge is 0.0561 e. The molecule has 3 nitrogen and oxygen atoms in total. The fourth-order valence-electron chi connectivity index (χ4n) is 4.12. The SMILES string of the molecule is Clc1ccc(-c2cncc(N3CCN4CCCC3CCC4)c2)c(Cl)c1. The summed E-state index contributed by atoms with van der Waals surface area (Å²) in [6.45, 7) is 4.72. The van der Waals surface area contributed by atoms with Gasteiger partial charge < -0.3 is 9.80 Å². The van der Waals surface area contributed by atoms with Gasteiger partial charge in [0.15, 0.2) is 0 Å². The second-order valence-corrected chi connectivity index (χ2v) is 7.87. The molecule has 3 saturated heterocycles. The summed E-state index contributed by atoms with van der Waals surface area (Å²) in [6, 6.07) is 8.49. The average Bonchev–Trinajstić information content (AvgIpc) is 2.53. The van der Waals surface area contributed by atoms with E-state index in [-0.39, 0.29) is 0 Å². The zero-order valence-electron chi connectivity index (χ0n) is 14.3. The van der Waals surface area contributed by atoms with Crippen molar-refractivity contribution in [2.75, 3.05) is 31.1 Å². The van der Waals surface area contributed by atoms with Gasteiger partial charge in [0, 0.05) is 46.5 Å². The van der Waals surface area contributed by atoms with Crippen molar-refractivity contribution in [3.63, 3.8) is 0 Å². The molecule has 3 fully saturated rings. The quantitative estimate of drug-likeness (QED) is 0.725. The predicted octanol–water partition coefficient (Wildman–Crippen LogP) is 5.12. The van der Waals surface area contributed by atoms with E-state index in [1.165, 1.54) is 44.5 Å². The number of halogens is 2. The maximum atomic E-state index is 6.40. The molecule has 0 saturated carbocycles. The Balaban J connectivity index is 1.66. The van der Waals surface area contributed by atoms with Crippen molar-refractivity contribution >= 4 is 28.9 Å². The van der Waals surface area contributed by atoms with Gasteiger partial charge >= 0.3 is 0 Å². The van der Waals surface area contributed by atoms with Crippen LogP contribution >= 0.6 is 23.2 Å². The molecule has 0 N–H and O–H groups in total. The lowest BCUT2D eigenvalue weighted by molar-refractivity contribution is 0.217. The maximum absolute atomic E-state index is 6.40. The third-order valence-electron chi connectivity index (χ3n) is 5.42. The van der Waals surface area contributed by atoms with E-state index in [1.54, 1.807) is 6.07 Å². The monoisotopic (exact) mass is 375 g/mol. The Morgan fingerprint density at radius 1 is 0.920 bits per heavy atom. The van der Waals surface area contributed by atoms with Gasteiger partial charge in [0.2, 0.25) is 0 Å². The lowest BCUT2D eigenvalue weighted by Crippen LogP contribution is -2.47. The summed E-state index contributed by atoms with van der Waals surface area (Å²) >= 11 is 12.4. The van der Waals surface area contributed by atoms with Gasteiger partial charge in [-0.15, -0.1) is 0 Å². The molecule has 5 heteroatoms. The third-order valence-corrected chi connectivity index (χ3v) is 5.97. The van der Waals surface area contributed by atoms with E-state index in [1.807, 2.05) is 24.5 Å². The molecule has 3 aliphatic heterocycles. The molecule has 4 heterocycles. The maximum Gasteiger partial charge on any atom is 0.0561 e. The lowest BCUT2D eigenvalue weighted by Gasteiger charge is -2.41. The van der Waals surface area contributed by atoms with Crippen LogP contribution in [0.2, 0.25) is 10.0 Å². The molecule has 0 unspecified atom stereocenters. The van der Waals surface area contributed by atoms with Gasteiger partial charge in [-0.2, -0.15) is 0 Å². The molecule has 0 aliphatic carbocycles. The summed E-state index contributed by atoms with van der Waals surface area (Å²) in [5.41, 5.74) is 3.24. The zero-order valence-corrected chi connectivity index (χ0v) is 15.8. The summed E-state index contributed by atoms with van der Waals surface area (Å²) < 4.78 is 0. The number of anilines is 1. The zero-order chi connectivity index (χ0) is 17.2. The molecule has 5 rings (SSSR count). The van der Waals surface area contributed by atoms with Crippen LogP contribution in [-0.4, -0.2) is 42.1 Å². The number of hydrogen-bond acceptors (Lipinski definition) is 3. The first-order chi connectivity index (χ1) is 12.2. The molecule has 25 heavy (non-hydrogen) atoms. The van der Waals surface area contributed by atoms with Crippen LogP contribution in [0.4, 0.5) is 5.69 Å². The van der Waals surface area contributed by atoms with Gasteiger partial charge in [-0.3, -0.25) is 4.98 Å². The van der Waals surface area contributed by atoms with Crippen LogP contribution in [0.15, 0.2) is 36.7 Å². The molecule has 1 aromatic carbocycles. The summed E-state index contributed by atoms with van der Waals surface area (Å²) in [6.07, 6.45) is 8.99. The first-order valence-electron chi connectivity index (χ1n) is 9.10. The molecule has 2 bridgehead atoms. The van der Waals surface area contributed by atoms with Crippen LogP contribution in [0.5, 0.6) is 0 Å². The number of hydrogen-bond donors (Lipinski definition) is 0. The first kappa shape index (κ1) is 17.1. The number of benzene rings is 1. The first-order valence-corrected chi connectivity index (χ1v) is 9.86. The second kappa shape index (κ2) is 7.53. The van der Waals surface area contributed by atoms with Gasteiger partial charge in [0.1, 0.15) is 0 Å². The molecular weight excluding hydrogens is 353 g/mol. The van der Waals surface area contributed by atoms with Crippen LogP contribution in [0.3, 0.4) is 0 Å². The Morgan fingerprint density at radius 3 is 2.48 bits per heavy atom. The molecule has 1 aromatic heterocycles. The van der Waals surface area contributed by atoms with Gasteiger partial charge in [0.05, 0.1) is 11.9 Å². The Kier molecular flexibility index (Phi) is 5.16. The molecule has 0 atom stereocenters. The highest BCUT2D eigenvalue weighted by molar-refractivity contribution is 6.36. The van der Waals surface area contributed by atoms with E-state index < -0.39 is 0 Å². The fraction of sp³-hybridized carbons (Fsp3) is 0.450. The minimum absolute atomic E-state index is 0.625. The largest absolute Gasteiger partial charge is 0.366 e. The Hall–Kier alpha value is -1.29. The van der Waals surface area contributed by atoms with E-state index >= 15 is 0 Å². The minimum atomic E-state index is 0.625. The summed E-state index contributed by atoms with van der Waals surface area (Å²) in [7, 11) is 0. The predicted molar refractivity (Wildman–Crippen MR) is 106 cm³/mol. The van der Waals surface area contributed by atoms with E-state index in [9.17, 15) is 0 Å². The van der Waals surface area contributed by atoms with E-state index in [0.29, 0.717) is 16.1 Å². The van der Waals surface area contributed by atoms with Crippen LogP contribution in [0.25, 0.3) is 11.1 Å². The highest BCUT2D eigenvalue weighted by atomic mass is 35.5. The molecular formula is C20H23Cl2N3. The Morgan fingerprint density at radius 2 is 1.72 bits per heavy atom. The number of rotatable bonds is 2. The van der Waals surface area contributed by atoms with Crippen molar-refractivity contribution < 1.29 is 0 Å². The van der Waals surface area contributed by atoms with Crippen molar-refractivity contribution in [1.82, 2.24) is 9.88 Å². The number of aromatic nitrogens is 1. The molecule has 3 aliphatic rings. The van der Waals surface area contributed by atoms with E-state index in [4.69, 9.17) is 23.2 Å². The topological polar surface area (TPSA) is 19.4 Å². The highest BCUT2D eigenvalue weighted by Crippen LogP contribution is 2.33. The average molecular weight is 376 g/mol. The van der Waals surface area contributed by atoms with Crippen molar-refractivity contribution in [2.45, 2.75) is 31.7 Å². The van der Waals surface area contributed by atoms with E-state index in [2.05, 4.69) is 20.9 Å². The summed E-state index contributed by atoms with van der Waals surface area (Å²) in [4.78, 5) is 9.68. The third kappa shape index (κ3) is 3.79. The Bertz CT molecular complexity index is 739. The molecule has 0 radical (unpaired) electrons. The van der Waals surface area contributed by atoms with Crippen molar-refractivity contribution in [3.05, 3.63) is 46.7 Å². The van der Waals surface area contributed by atoms with Crippen LogP contribution in [-0.2, 0) is 0 Å². The summed E-state index contributed by atoms with van der Waals surface area (Å²) in [5, 5.41) is 1.33. The van der Waals surface area contributed by atoms with Crippen LogP contribution < -0.4 is 4.90 Å². The second-order valence-electron chi connectivity index (χ2n) is 7.03. The summed E-state index contributed by atoms with van der Waals surface area (Å²) in [5.74, 6) is 0. The normalized spacial score (nSPS) is 23.8. The number of nitrogens with zero attached hydrogens (tertiary/aromatic N) is 3. The van der Waals surface area contributed by atoms with Crippen molar-refractivity contribution in [3.8, 4) is 11.1 Å². The number of pyridine rings is 1. The van der Waals surface area contributed by atoms with Gasteiger partial charge in [-0.25, -0.2) is 0 Å².